The van der Waals surface area contributed by atoms with Crippen LogP contribution in [-0.4, -0.2) is 18.8 Å². The molecule has 1 aromatic carbocycles. The summed E-state index contributed by atoms with van der Waals surface area (Å²) in [6.07, 6.45) is 2.74. The van der Waals surface area contributed by atoms with Gasteiger partial charge in [0.25, 0.3) is 0 Å². The number of benzene rings is 1. The first-order valence-electron chi connectivity index (χ1n) is 5.75. The van der Waals surface area contributed by atoms with Crippen LogP contribution in [0.1, 0.15) is 18.4 Å². The van der Waals surface area contributed by atoms with Gasteiger partial charge in [0.2, 0.25) is 0 Å². The second-order valence-electron chi connectivity index (χ2n) is 4.34. The summed E-state index contributed by atoms with van der Waals surface area (Å²) < 4.78 is 0. The van der Waals surface area contributed by atoms with E-state index in [2.05, 4.69) is 36.5 Å². The third-order valence-corrected chi connectivity index (χ3v) is 4.15. The van der Waals surface area contributed by atoms with Gasteiger partial charge in [-0.2, -0.15) is 0 Å². The van der Waals surface area contributed by atoms with Crippen molar-refractivity contribution in [3.8, 4) is 0 Å². The molecular weight excluding hydrogens is 238 g/mol. The van der Waals surface area contributed by atoms with Crippen LogP contribution in [0.4, 0.5) is 0 Å². The molecule has 1 atom stereocenters. The molecule has 16 heavy (non-hydrogen) atoms. The average molecular weight is 258 g/mol. The van der Waals surface area contributed by atoms with Crippen molar-refractivity contribution >= 4 is 24.2 Å². The van der Waals surface area contributed by atoms with E-state index in [9.17, 15) is 0 Å². The van der Waals surface area contributed by atoms with E-state index in [1.165, 1.54) is 42.1 Å². The third-order valence-electron chi connectivity index (χ3n) is 2.91. The highest BCUT2D eigenvalue weighted by Gasteiger charge is 2.12. The maximum Gasteiger partial charge on any atom is 0.00722 e. The number of thioether (sulfide) groups is 1. The number of aryl methyl sites for hydroxylation is 1. The van der Waals surface area contributed by atoms with Crippen LogP contribution in [-0.2, 0) is 0 Å². The predicted molar refractivity (Wildman–Crippen MR) is 74.7 cm³/mol. The van der Waals surface area contributed by atoms with E-state index in [1.54, 1.807) is 0 Å². The van der Waals surface area contributed by atoms with E-state index in [0.29, 0.717) is 0 Å². The molecule has 1 fully saturated rings. The molecule has 2 rings (SSSR count). The monoisotopic (exact) mass is 257 g/mol. The second kappa shape index (κ2) is 7.21. The quantitative estimate of drug-likeness (QED) is 0.832. The Morgan fingerprint density at radius 3 is 2.69 bits per heavy atom. The van der Waals surface area contributed by atoms with Gasteiger partial charge in [-0.15, -0.1) is 24.2 Å². The number of hydrogen-bond acceptors (Lipinski definition) is 2. The first kappa shape index (κ1) is 13.9. The molecule has 3 heteroatoms. The fourth-order valence-electron chi connectivity index (χ4n) is 1.91. The van der Waals surface area contributed by atoms with E-state index < -0.39 is 0 Å². The van der Waals surface area contributed by atoms with Crippen LogP contribution in [0.5, 0.6) is 0 Å². The van der Waals surface area contributed by atoms with Crippen LogP contribution in [0.15, 0.2) is 29.2 Å². The molecule has 1 unspecified atom stereocenters. The Bertz CT molecular complexity index is 293. The molecule has 0 radical (unpaired) electrons. The van der Waals surface area contributed by atoms with E-state index in [0.717, 1.165) is 5.92 Å². The summed E-state index contributed by atoms with van der Waals surface area (Å²) in [5.41, 5.74) is 1.35. The summed E-state index contributed by atoms with van der Waals surface area (Å²) in [4.78, 5) is 1.41. The summed E-state index contributed by atoms with van der Waals surface area (Å²) in [5, 5.41) is 3.47. The lowest BCUT2D eigenvalue weighted by atomic mass is 10.0. The molecule has 0 bridgehead atoms. The van der Waals surface area contributed by atoms with Crippen molar-refractivity contribution in [1.29, 1.82) is 0 Å². The van der Waals surface area contributed by atoms with Crippen molar-refractivity contribution in [3.63, 3.8) is 0 Å². The van der Waals surface area contributed by atoms with Crippen molar-refractivity contribution in [1.82, 2.24) is 5.32 Å². The van der Waals surface area contributed by atoms with Crippen molar-refractivity contribution < 1.29 is 0 Å². The highest BCUT2D eigenvalue weighted by molar-refractivity contribution is 7.99. The molecule has 0 amide bonds. The Morgan fingerprint density at radius 2 is 2.06 bits per heavy atom. The summed E-state index contributed by atoms with van der Waals surface area (Å²) in [6, 6.07) is 8.86. The number of nitrogens with one attached hydrogen (secondary N) is 1. The molecule has 1 aromatic rings. The minimum atomic E-state index is 0. The van der Waals surface area contributed by atoms with E-state index in [4.69, 9.17) is 0 Å². The van der Waals surface area contributed by atoms with Gasteiger partial charge in [-0.05, 0) is 50.9 Å². The Labute approximate surface area is 109 Å². The Morgan fingerprint density at radius 1 is 1.31 bits per heavy atom. The molecule has 0 saturated carbocycles. The molecule has 1 aliphatic heterocycles. The van der Waals surface area contributed by atoms with Crippen molar-refractivity contribution in [2.75, 3.05) is 18.8 Å². The summed E-state index contributed by atoms with van der Waals surface area (Å²) in [5.74, 6) is 2.13. The van der Waals surface area contributed by atoms with Gasteiger partial charge in [0.1, 0.15) is 0 Å². The van der Waals surface area contributed by atoms with Crippen LogP contribution in [0.3, 0.4) is 0 Å². The first-order valence-corrected chi connectivity index (χ1v) is 6.73. The molecule has 0 spiro atoms. The largest absolute Gasteiger partial charge is 0.316 e. The average Bonchev–Trinajstić information content (AvgIpc) is 2.30. The van der Waals surface area contributed by atoms with Gasteiger partial charge in [-0.25, -0.2) is 0 Å². The van der Waals surface area contributed by atoms with Gasteiger partial charge in [-0.1, -0.05) is 17.7 Å². The minimum absolute atomic E-state index is 0. The first-order chi connectivity index (χ1) is 7.34. The molecule has 0 aliphatic carbocycles. The fourth-order valence-corrected chi connectivity index (χ4v) is 2.96. The lowest BCUT2D eigenvalue weighted by Gasteiger charge is -2.22. The molecule has 1 nitrogen and oxygen atoms in total. The summed E-state index contributed by atoms with van der Waals surface area (Å²) in [6.45, 7) is 4.56. The fraction of sp³-hybridized carbons (Fsp3) is 0.538. The second-order valence-corrected chi connectivity index (χ2v) is 5.43. The Kier molecular flexibility index (Phi) is 6.25. The molecular formula is C13H20ClNS. The van der Waals surface area contributed by atoms with Crippen molar-refractivity contribution in [2.45, 2.75) is 24.7 Å². The number of halogens is 1. The van der Waals surface area contributed by atoms with E-state index >= 15 is 0 Å². The van der Waals surface area contributed by atoms with Gasteiger partial charge in [0.15, 0.2) is 0 Å². The SMILES string of the molecule is Cc1ccc(SCC2CCCNC2)cc1.Cl. The van der Waals surface area contributed by atoms with Crippen LogP contribution in [0.2, 0.25) is 0 Å². The lowest BCUT2D eigenvalue weighted by molar-refractivity contribution is 0.410. The van der Waals surface area contributed by atoms with Gasteiger partial charge >= 0.3 is 0 Å². The standard InChI is InChI=1S/C13H19NS.ClH/c1-11-4-6-13(7-5-11)15-10-12-3-2-8-14-9-12;/h4-7,12,14H,2-3,8-10H2,1H3;1H. The summed E-state index contributed by atoms with van der Waals surface area (Å²) in [7, 11) is 0. The summed E-state index contributed by atoms with van der Waals surface area (Å²) >= 11 is 2.00. The van der Waals surface area contributed by atoms with Gasteiger partial charge in [-0.3, -0.25) is 0 Å². The predicted octanol–water partition coefficient (Wildman–Crippen LogP) is 3.51. The maximum absolute atomic E-state index is 3.47. The van der Waals surface area contributed by atoms with E-state index in [-0.39, 0.29) is 12.4 Å². The Hall–Kier alpha value is -0.180. The molecule has 1 aliphatic rings. The highest BCUT2D eigenvalue weighted by atomic mass is 35.5. The zero-order valence-corrected chi connectivity index (χ0v) is 11.4. The molecule has 90 valence electrons. The number of rotatable bonds is 3. The number of hydrogen-bond donors (Lipinski definition) is 1. The molecule has 1 saturated heterocycles. The van der Waals surface area contributed by atoms with Crippen LogP contribution >= 0.6 is 24.2 Å². The van der Waals surface area contributed by atoms with Crippen molar-refractivity contribution in [2.24, 2.45) is 5.92 Å². The molecule has 1 N–H and O–H groups in total. The van der Waals surface area contributed by atoms with Crippen LogP contribution in [0, 0.1) is 12.8 Å². The molecule has 0 aromatic heterocycles. The number of piperidine rings is 1. The maximum atomic E-state index is 3.47. The third kappa shape index (κ3) is 4.36. The van der Waals surface area contributed by atoms with E-state index in [1.807, 2.05) is 11.8 Å². The normalized spacial score (nSPS) is 20.2. The lowest BCUT2D eigenvalue weighted by Crippen LogP contribution is -2.30. The van der Waals surface area contributed by atoms with Gasteiger partial charge in [0, 0.05) is 10.6 Å². The smallest absolute Gasteiger partial charge is 0.00722 e. The zero-order chi connectivity index (χ0) is 10.5. The van der Waals surface area contributed by atoms with Gasteiger partial charge < -0.3 is 5.32 Å². The van der Waals surface area contributed by atoms with Gasteiger partial charge in [0.05, 0.1) is 0 Å². The topological polar surface area (TPSA) is 12.0 Å². The zero-order valence-electron chi connectivity index (χ0n) is 9.74. The Balaban J connectivity index is 0.00000128. The highest BCUT2D eigenvalue weighted by Crippen LogP contribution is 2.23. The minimum Gasteiger partial charge on any atom is -0.316 e. The van der Waals surface area contributed by atoms with Crippen molar-refractivity contribution in [3.05, 3.63) is 29.8 Å². The van der Waals surface area contributed by atoms with Crippen LogP contribution < -0.4 is 5.32 Å². The molecule has 1 heterocycles. The van der Waals surface area contributed by atoms with Crippen LogP contribution in [0.25, 0.3) is 0 Å².